The summed E-state index contributed by atoms with van der Waals surface area (Å²) in [6.45, 7) is 1.29. The molecule has 0 spiro atoms. The Kier molecular flexibility index (Phi) is 9.64. The smallest absolute Gasteiger partial charge is 0.193 e. The number of benzene rings is 2. The summed E-state index contributed by atoms with van der Waals surface area (Å²) in [6, 6.07) is 18.7. The fourth-order valence-corrected chi connectivity index (χ4v) is 3.86. The first kappa shape index (κ1) is 22.4. The van der Waals surface area contributed by atoms with E-state index in [9.17, 15) is 8.42 Å². The van der Waals surface area contributed by atoms with Crippen LogP contribution in [0.25, 0.3) is 0 Å². The maximum Gasteiger partial charge on any atom is 0.193 e. The summed E-state index contributed by atoms with van der Waals surface area (Å²) in [7, 11) is 0.461. The van der Waals surface area contributed by atoms with E-state index in [4.69, 9.17) is 0 Å². The van der Waals surface area contributed by atoms with E-state index < -0.39 is 9.84 Å². The normalized spacial score (nSPS) is 11.5. The average molecular weight is 487 g/mol. The van der Waals surface area contributed by atoms with E-state index in [0.29, 0.717) is 17.9 Å². The number of halogens is 1. The minimum atomic E-state index is -3.23. The zero-order valence-electron chi connectivity index (χ0n) is 15.1. The molecule has 0 aromatic heterocycles. The quantitative estimate of drug-likeness (QED) is 0.282. The van der Waals surface area contributed by atoms with Gasteiger partial charge in [0, 0.05) is 27.2 Å². The Bertz CT molecular complexity index is 781. The van der Waals surface area contributed by atoms with E-state index in [1.165, 1.54) is 5.56 Å². The summed E-state index contributed by atoms with van der Waals surface area (Å²) in [4.78, 5) is 6.65. The fourth-order valence-electron chi connectivity index (χ4n) is 2.52. The van der Waals surface area contributed by atoms with Crippen molar-refractivity contribution in [1.29, 1.82) is 0 Å². The maximum atomic E-state index is 12.3. The molecule has 0 fully saturated rings. The van der Waals surface area contributed by atoms with Gasteiger partial charge in [-0.25, -0.2) is 8.42 Å². The molecule has 0 radical (unpaired) electrons. The molecule has 1 N–H and O–H groups in total. The van der Waals surface area contributed by atoms with E-state index in [0.717, 1.165) is 12.5 Å². The Morgan fingerprint density at radius 1 is 1.04 bits per heavy atom. The molecule has 0 saturated heterocycles. The molecule has 0 aliphatic heterocycles. The van der Waals surface area contributed by atoms with Crippen molar-refractivity contribution in [1.82, 2.24) is 10.2 Å². The van der Waals surface area contributed by atoms with Crippen molar-refractivity contribution in [2.24, 2.45) is 4.99 Å². The zero-order valence-corrected chi connectivity index (χ0v) is 18.3. The van der Waals surface area contributed by atoms with Crippen LogP contribution in [0.15, 0.2) is 70.6 Å². The Balaban J connectivity index is 0.00000338. The van der Waals surface area contributed by atoms with E-state index in [-0.39, 0.29) is 29.7 Å². The molecule has 0 heterocycles. The molecule has 0 unspecified atom stereocenters. The first-order valence-electron chi connectivity index (χ1n) is 8.26. The number of aliphatic imine (C=N–C) groups is 1. The van der Waals surface area contributed by atoms with Crippen LogP contribution in [0.4, 0.5) is 0 Å². The second-order valence-corrected chi connectivity index (χ2v) is 7.91. The highest BCUT2D eigenvalue weighted by molar-refractivity contribution is 14.0. The van der Waals surface area contributed by atoms with Gasteiger partial charge >= 0.3 is 0 Å². The van der Waals surface area contributed by atoms with Crippen LogP contribution in [0.3, 0.4) is 0 Å². The molecule has 2 rings (SSSR count). The summed E-state index contributed by atoms with van der Waals surface area (Å²) in [5, 5.41) is 3.22. The second kappa shape index (κ2) is 11.2. The first-order valence-corrected chi connectivity index (χ1v) is 9.91. The topological polar surface area (TPSA) is 61.8 Å². The molecule has 0 atom stereocenters. The molecular formula is C19H26IN3O2S. The van der Waals surface area contributed by atoms with Gasteiger partial charge in [-0.3, -0.25) is 4.99 Å². The second-order valence-electron chi connectivity index (χ2n) is 5.80. The predicted molar refractivity (Wildman–Crippen MR) is 118 cm³/mol. The lowest BCUT2D eigenvalue weighted by molar-refractivity contribution is 0.476. The summed E-state index contributed by atoms with van der Waals surface area (Å²) in [5.74, 6) is 0.865. The summed E-state index contributed by atoms with van der Waals surface area (Å²) >= 11 is 0. The van der Waals surface area contributed by atoms with Crippen molar-refractivity contribution in [3.63, 3.8) is 0 Å². The van der Waals surface area contributed by atoms with Crippen molar-refractivity contribution in [2.45, 2.75) is 17.9 Å². The molecule has 0 saturated carbocycles. The Morgan fingerprint density at radius 3 is 2.19 bits per heavy atom. The molecule has 7 heteroatoms. The van der Waals surface area contributed by atoms with Crippen LogP contribution >= 0.6 is 24.0 Å². The third-order valence-corrected chi connectivity index (χ3v) is 5.63. The summed E-state index contributed by atoms with van der Waals surface area (Å²) < 4.78 is 24.5. The number of nitrogens with one attached hydrogen (secondary N) is 1. The van der Waals surface area contributed by atoms with Gasteiger partial charge in [-0.1, -0.05) is 48.5 Å². The molecule has 142 valence electrons. The Hall–Kier alpha value is -1.61. The fraction of sp³-hybridized carbons (Fsp3) is 0.316. The minimum Gasteiger partial charge on any atom is -0.356 e. The van der Waals surface area contributed by atoms with Crippen LogP contribution in [-0.4, -0.2) is 45.7 Å². The third kappa shape index (κ3) is 6.95. The van der Waals surface area contributed by atoms with Gasteiger partial charge in [-0.2, -0.15) is 0 Å². The van der Waals surface area contributed by atoms with Gasteiger partial charge in [0.1, 0.15) is 0 Å². The van der Waals surface area contributed by atoms with Crippen molar-refractivity contribution in [3.05, 3.63) is 66.2 Å². The van der Waals surface area contributed by atoms with Crippen molar-refractivity contribution in [2.75, 3.05) is 26.4 Å². The van der Waals surface area contributed by atoms with Crippen molar-refractivity contribution >= 4 is 39.8 Å². The lowest BCUT2D eigenvalue weighted by Crippen LogP contribution is -2.39. The molecule has 2 aromatic rings. The highest BCUT2D eigenvalue weighted by Gasteiger charge is 2.13. The Morgan fingerprint density at radius 2 is 1.62 bits per heavy atom. The highest BCUT2D eigenvalue weighted by Crippen LogP contribution is 2.10. The van der Waals surface area contributed by atoms with Crippen LogP contribution in [0.5, 0.6) is 0 Å². The highest BCUT2D eigenvalue weighted by atomic mass is 127. The van der Waals surface area contributed by atoms with E-state index in [2.05, 4.69) is 22.4 Å². The van der Waals surface area contributed by atoms with Crippen molar-refractivity contribution in [3.8, 4) is 0 Å². The number of nitrogens with zero attached hydrogens (tertiary/aromatic N) is 2. The van der Waals surface area contributed by atoms with E-state index in [1.54, 1.807) is 31.3 Å². The molecular weight excluding hydrogens is 461 g/mol. The van der Waals surface area contributed by atoms with Gasteiger partial charge in [0.15, 0.2) is 15.8 Å². The van der Waals surface area contributed by atoms with Crippen molar-refractivity contribution < 1.29 is 8.42 Å². The van der Waals surface area contributed by atoms with Gasteiger partial charge in [0.05, 0.1) is 10.6 Å². The number of hydrogen-bond acceptors (Lipinski definition) is 3. The van der Waals surface area contributed by atoms with Crippen LogP contribution in [0.1, 0.15) is 12.0 Å². The molecule has 2 aromatic carbocycles. The van der Waals surface area contributed by atoms with Gasteiger partial charge < -0.3 is 10.2 Å². The lowest BCUT2D eigenvalue weighted by Gasteiger charge is -2.22. The zero-order chi connectivity index (χ0) is 18.1. The van der Waals surface area contributed by atoms with Gasteiger partial charge in [-0.05, 0) is 24.1 Å². The molecule has 26 heavy (non-hydrogen) atoms. The number of hydrogen-bond donors (Lipinski definition) is 1. The van der Waals surface area contributed by atoms with E-state index in [1.807, 2.05) is 36.2 Å². The Labute approximate surface area is 173 Å². The van der Waals surface area contributed by atoms with Crippen LogP contribution in [0, 0.1) is 0 Å². The van der Waals surface area contributed by atoms with Gasteiger partial charge in [0.25, 0.3) is 0 Å². The summed E-state index contributed by atoms with van der Waals surface area (Å²) in [6.07, 6.45) is 0.523. The van der Waals surface area contributed by atoms with Crippen LogP contribution in [-0.2, 0) is 16.4 Å². The molecule has 5 nitrogen and oxygen atoms in total. The minimum absolute atomic E-state index is 0. The van der Waals surface area contributed by atoms with Gasteiger partial charge in [0.2, 0.25) is 0 Å². The monoisotopic (exact) mass is 487 g/mol. The largest absolute Gasteiger partial charge is 0.356 e. The summed E-state index contributed by atoms with van der Waals surface area (Å²) in [5.41, 5.74) is 1.19. The first-order chi connectivity index (χ1) is 12.0. The predicted octanol–water partition coefficient (Wildman–Crippen LogP) is 3.18. The average Bonchev–Trinajstić information content (AvgIpc) is 2.63. The van der Waals surface area contributed by atoms with Gasteiger partial charge in [-0.15, -0.1) is 24.0 Å². The number of rotatable bonds is 7. The standard InChI is InChI=1S/C19H25N3O2S.HI/c1-20-19(22(2)16-17-10-5-3-6-11-17)21-14-9-15-25(23,24)18-12-7-4-8-13-18;/h3-8,10-13H,9,14-16H2,1-2H3,(H,20,21);1H. The molecule has 0 aliphatic carbocycles. The van der Waals surface area contributed by atoms with Crippen LogP contribution < -0.4 is 5.32 Å². The third-order valence-electron chi connectivity index (χ3n) is 3.81. The number of guanidine groups is 1. The molecule has 0 aliphatic rings. The van der Waals surface area contributed by atoms with Crippen LogP contribution in [0.2, 0.25) is 0 Å². The number of sulfone groups is 1. The lowest BCUT2D eigenvalue weighted by atomic mass is 10.2. The maximum absolute atomic E-state index is 12.3. The SMILES string of the molecule is CN=C(NCCCS(=O)(=O)c1ccccc1)N(C)Cc1ccccc1.I. The molecule has 0 bridgehead atoms. The van der Waals surface area contributed by atoms with E-state index >= 15 is 0 Å². The molecule has 0 amide bonds.